The van der Waals surface area contributed by atoms with E-state index in [1.54, 1.807) is 6.07 Å². The van der Waals surface area contributed by atoms with E-state index < -0.39 is 36.0 Å². The number of imide groups is 1. The normalized spacial score (nSPS) is 26.1. The SMILES string of the molecule is Cc1cc(C(=O)OCC(=O)NN2C(=O)NC3(CCC(C)CC3)C2=O)c(C)n1C1CC1. The van der Waals surface area contributed by atoms with Crippen molar-refractivity contribution < 1.29 is 23.9 Å². The Morgan fingerprint density at radius 2 is 1.87 bits per heavy atom. The molecule has 30 heavy (non-hydrogen) atoms. The fourth-order valence-electron chi connectivity index (χ4n) is 4.56. The molecule has 1 saturated heterocycles. The summed E-state index contributed by atoms with van der Waals surface area (Å²) in [6, 6.07) is 1.55. The van der Waals surface area contributed by atoms with E-state index in [1.165, 1.54) is 0 Å². The molecule has 2 N–H and O–H groups in total. The maximum absolute atomic E-state index is 12.8. The van der Waals surface area contributed by atoms with Crippen LogP contribution < -0.4 is 10.7 Å². The molecule has 1 aliphatic heterocycles. The lowest BCUT2D eigenvalue weighted by Crippen LogP contribution is -2.52. The van der Waals surface area contributed by atoms with Crippen molar-refractivity contribution >= 4 is 23.8 Å². The number of nitrogens with zero attached hydrogens (tertiary/aromatic N) is 2. The lowest BCUT2D eigenvalue weighted by Gasteiger charge is -2.33. The van der Waals surface area contributed by atoms with Crippen molar-refractivity contribution in [3.63, 3.8) is 0 Å². The second-order valence-electron chi connectivity index (χ2n) is 8.83. The number of hydrazine groups is 1. The topological polar surface area (TPSA) is 110 Å². The minimum Gasteiger partial charge on any atom is -0.452 e. The molecule has 2 aliphatic carbocycles. The van der Waals surface area contributed by atoms with Gasteiger partial charge in [-0.1, -0.05) is 6.92 Å². The third-order valence-corrected chi connectivity index (χ3v) is 6.48. The van der Waals surface area contributed by atoms with E-state index in [0.29, 0.717) is 35.4 Å². The van der Waals surface area contributed by atoms with Gasteiger partial charge in [-0.15, -0.1) is 0 Å². The largest absolute Gasteiger partial charge is 0.452 e. The molecule has 1 aromatic heterocycles. The molecule has 2 heterocycles. The van der Waals surface area contributed by atoms with Crippen molar-refractivity contribution in [2.24, 2.45) is 5.92 Å². The predicted octanol–water partition coefficient (Wildman–Crippen LogP) is 2.13. The molecular weight excluding hydrogens is 388 g/mol. The average molecular weight is 416 g/mol. The maximum atomic E-state index is 12.8. The first kappa shape index (κ1) is 20.4. The van der Waals surface area contributed by atoms with Gasteiger partial charge in [-0.3, -0.25) is 15.0 Å². The molecule has 0 bridgehead atoms. The highest BCUT2D eigenvalue weighted by Crippen LogP contribution is 2.38. The van der Waals surface area contributed by atoms with Crippen molar-refractivity contribution in [3.05, 3.63) is 23.0 Å². The molecule has 1 spiro atoms. The Morgan fingerprint density at radius 3 is 2.50 bits per heavy atom. The zero-order chi connectivity index (χ0) is 21.6. The standard InChI is InChI=1S/C21H28N4O5/c1-12-6-8-21(9-7-12)19(28)25(20(29)22-21)23-17(26)11-30-18(27)16-10-13(2)24(14(16)3)15-4-5-15/h10,12,15H,4-9,11H2,1-3H3,(H,22,29)(H,23,26). The predicted molar refractivity (Wildman–Crippen MR) is 106 cm³/mol. The molecule has 0 aromatic carbocycles. The van der Waals surface area contributed by atoms with Gasteiger partial charge >= 0.3 is 12.0 Å². The third-order valence-electron chi connectivity index (χ3n) is 6.48. The summed E-state index contributed by atoms with van der Waals surface area (Å²) in [5, 5.41) is 3.44. The van der Waals surface area contributed by atoms with E-state index >= 15 is 0 Å². The molecule has 4 amide bonds. The summed E-state index contributed by atoms with van der Waals surface area (Å²) >= 11 is 0. The number of carbonyl (C=O) groups is 4. The molecule has 4 rings (SSSR count). The van der Waals surface area contributed by atoms with Crippen LogP contribution in [0.15, 0.2) is 6.07 Å². The highest BCUT2D eigenvalue weighted by molar-refractivity contribution is 6.08. The molecule has 3 aliphatic rings. The van der Waals surface area contributed by atoms with Gasteiger partial charge in [0.1, 0.15) is 5.54 Å². The van der Waals surface area contributed by atoms with Crippen LogP contribution in [0.4, 0.5) is 4.79 Å². The average Bonchev–Trinajstić information content (AvgIpc) is 3.45. The van der Waals surface area contributed by atoms with Crippen molar-refractivity contribution in [1.29, 1.82) is 0 Å². The summed E-state index contributed by atoms with van der Waals surface area (Å²) in [4.78, 5) is 49.7. The Balaban J connectivity index is 1.34. The molecule has 1 aromatic rings. The van der Waals surface area contributed by atoms with Crippen molar-refractivity contribution in [2.75, 3.05) is 6.61 Å². The number of hydrogen-bond donors (Lipinski definition) is 2. The number of carbonyl (C=O) groups excluding carboxylic acids is 4. The summed E-state index contributed by atoms with van der Waals surface area (Å²) in [7, 11) is 0. The quantitative estimate of drug-likeness (QED) is 0.564. The van der Waals surface area contributed by atoms with Crippen LogP contribution in [-0.4, -0.2) is 45.5 Å². The van der Waals surface area contributed by atoms with Gasteiger partial charge in [-0.2, -0.15) is 5.01 Å². The zero-order valence-electron chi connectivity index (χ0n) is 17.6. The Hall–Kier alpha value is -2.84. The summed E-state index contributed by atoms with van der Waals surface area (Å²) < 4.78 is 7.26. The first-order chi connectivity index (χ1) is 14.2. The van der Waals surface area contributed by atoms with E-state index in [4.69, 9.17) is 4.74 Å². The number of aromatic nitrogens is 1. The molecule has 9 nitrogen and oxygen atoms in total. The number of amides is 4. The van der Waals surface area contributed by atoms with E-state index in [9.17, 15) is 19.2 Å². The van der Waals surface area contributed by atoms with Gasteiger partial charge in [0.2, 0.25) is 0 Å². The molecule has 0 atom stereocenters. The summed E-state index contributed by atoms with van der Waals surface area (Å²) in [6.45, 7) is 5.34. The van der Waals surface area contributed by atoms with Crippen LogP contribution in [-0.2, 0) is 14.3 Å². The van der Waals surface area contributed by atoms with Gasteiger partial charge in [-0.25, -0.2) is 9.59 Å². The lowest BCUT2D eigenvalue weighted by atomic mass is 9.77. The fourth-order valence-corrected chi connectivity index (χ4v) is 4.56. The molecule has 3 fully saturated rings. The molecule has 0 unspecified atom stereocenters. The Kier molecular flexibility index (Phi) is 5.07. The van der Waals surface area contributed by atoms with E-state index in [0.717, 1.165) is 37.1 Å². The molecule has 9 heteroatoms. The van der Waals surface area contributed by atoms with E-state index in [2.05, 4.69) is 22.2 Å². The van der Waals surface area contributed by atoms with Crippen LogP contribution in [0.2, 0.25) is 0 Å². The number of urea groups is 1. The number of aryl methyl sites for hydroxylation is 1. The summed E-state index contributed by atoms with van der Waals surface area (Å²) in [5.41, 5.74) is 3.58. The van der Waals surface area contributed by atoms with Crippen LogP contribution in [0.25, 0.3) is 0 Å². The van der Waals surface area contributed by atoms with Crippen LogP contribution in [0.3, 0.4) is 0 Å². The van der Waals surface area contributed by atoms with Crippen LogP contribution >= 0.6 is 0 Å². The fraction of sp³-hybridized carbons (Fsp3) is 0.619. The number of hydrogen-bond acceptors (Lipinski definition) is 5. The van der Waals surface area contributed by atoms with Crippen LogP contribution in [0.5, 0.6) is 0 Å². The Bertz CT molecular complexity index is 909. The molecule has 0 radical (unpaired) electrons. The van der Waals surface area contributed by atoms with E-state index in [-0.39, 0.29) is 0 Å². The third kappa shape index (κ3) is 3.57. The van der Waals surface area contributed by atoms with Gasteiger partial charge < -0.3 is 14.6 Å². The highest BCUT2D eigenvalue weighted by atomic mass is 16.5. The van der Waals surface area contributed by atoms with Gasteiger partial charge in [-0.05, 0) is 64.4 Å². The molecular formula is C21H28N4O5. The molecule has 162 valence electrons. The number of esters is 1. The first-order valence-electron chi connectivity index (χ1n) is 10.5. The second-order valence-corrected chi connectivity index (χ2v) is 8.83. The van der Waals surface area contributed by atoms with Gasteiger partial charge in [0, 0.05) is 17.4 Å². The van der Waals surface area contributed by atoms with Crippen LogP contribution in [0.1, 0.15) is 73.2 Å². The van der Waals surface area contributed by atoms with Crippen LogP contribution in [0, 0.1) is 19.8 Å². The summed E-state index contributed by atoms with van der Waals surface area (Å²) in [5.74, 6) is -1.28. The monoisotopic (exact) mass is 416 g/mol. The number of ether oxygens (including phenoxy) is 1. The van der Waals surface area contributed by atoms with Gasteiger partial charge in [0.15, 0.2) is 6.61 Å². The zero-order valence-corrected chi connectivity index (χ0v) is 17.6. The maximum Gasteiger partial charge on any atom is 0.344 e. The van der Waals surface area contributed by atoms with Crippen molar-refractivity contribution in [3.8, 4) is 0 Å². The second kappa shape index (κ2) is 7.45. The number of rotatable bonds is 5. The van der Waals surface area contributed by atoms with Gasteiger partial charge in [0.05, 0.1) is 5.56 Å². The number of nitrogens with one attached hydrogen (secondary N) is 2. The smallest absolute Gasteiger partial charge is 0.344 e. The minimum absolute atomic E-state index is 0.428. The highest BCUT2D eigenvalue weighted by Gasteiger charge is 2.52. The van der Waals surface area contributed by atoms with Crippen molar-refractivity contribution in [1.82, 2.24) is 20.3 Å². The Labute approximate surface area is 175 Å². The van der Waals surface area contributed by atoms with Gasteiger partial charge in [0.25, 0.3) is 11.8 Å². The molecule has 2 saturated carbocycles. The lowest BCUT2D eigenvalue weighted by molar-refractivity contribution is -0.141. The first-order valence-corrected chi connectivity index (χ1v) is 10.5. The van der Waals surface area contributed by atoms with E-state index in [1.807, 2.05) is 13.8 Å². The summed E-state index contributed by atoms with van der Waals surface area (Å²) in [6.07, 6.45) is 4.97. The minimum atomic E-state index is -0.937. The Morgan fingerprint density at radius 1 is 1.20 bits per heavy atom. The van der Waals surface area contributed by atoms with Crippen molar-refractivity contribution in [2.45, 2.75) is 70.9 Å².